The van der Waals surface area contributed by atoms with Crippen molar-refractivity contribution in [1.82, 2.24) is 14.9 Å². The van der Waals surface area contributed by atoms with E-state index in [1.54, 1.807) is 23.7 Å². The summed E-state index contributed by atoms with van der Waals surface area (Å²) in [6.07, 6.45) is 6.01. The Morgan fingerprint density at radius 2 is 2.08 bits per heavy atom. The number of carbonyl (C=O) groups is 1. The van der Waals surface area contributed by atoms with Crippen molar-refractivity contribution in [1.29, 1.82) is 0 Å². The summed E-state index contributed by atoms with van der Waals surface area (Å²) < 4.78 is 0. The van der Waals surface area contributed by atoms with E-state index < -0.39 is 0 Å². The number of hydrogen-bond donors (Lipinski definition) is 0. The minimum Gasteiger partial charge on any atom is -0.335 e. The van der Waals surface area contributed by atoms with Crippen molar-refractivity contribution in [2.24, 2.45) is 0 Å². The molecule has 4 rings (SSSR count). The summed E-state index contributed by atoms with van der Waals surface area (Å²) in [7, 11) is 0. The van der Waals surface area contributed by atoms with E-state index in [9.17, 15) is 4.79 Å². The van der Waals surface area contributed by atoms with Crippen LogP contribution in [0.5, 0.6) is 0 Å². The van der Waals surface area contributed by atoms with Gasteiger partial charge in [0.25, 0.3) is 0 Å². The lowest BCUT2D eigenvalue weighted by Gasteiger charge is -2.25. The number of amides is 1. The van der Waals surface area contributed by atoms with Gasteiger partial charge in [-0.25, -0.2) is 4.98 Å². The summed E-state index contributed by atoms with van der Waals surface area (Å²) in [6, 6.07) is 14.4. The first-order chi connectivity index (χ1) is 12.3. The van der Waals surface area contributed by atoms with Crippen LogP contribution in [0.1, 0.15) is 30.1 Å². The molecule has 0 radical (unpaired) electrons. The van der Waals surface area contributed by atoms with Gasteiger partial charge in [-0.15, -0.1) is 11.3 Å². The molecule has 1 aliphatic rings. The van der Waals surface area contributed by atoms with Gasteiger partial charge in [-0.05, 0) is 30.5 Å². The molecule has 5 heteroatoms. The Morgan fingerprint density at radius 3 is 2.88 bits per heavy atom. The van der Waals surface area contributed by atoms with Gasteiger partial charge in [0.05, 0.1) is 18.2 Å². The highest BCUT2D eigenvalue weighted by atomic mass is 32.1. The Hall–Kier alpha value is -2.53. The first kappa shape index (κ1) is 16.0. The molecule has 0 bridgehead atoms. The van der Waals surface area contributed by atoms with Crippen molar-refractivity contribution in [3.05, 3.63) is 71.5 Å². The second kappa shape index (κ2) is 7.15. The minimum absolute atomic E-state index is 0.161. The van der Waals surface area contributed by atoms with Crippen molar-refractivity contribution in [3.8, 4) is 10.6 Å². The fourth-order valence-corrected chi connectivity index (χ4v) is 4.16. The van der Waals surface area contributed by atoms with Crippen molar-refractivity contribution < 1.29 is 4.79 Å². The predicted octanol–water partition coefficient (Wildman–Crippen LogP) is 4.11. The molecule has 0 saturated carbocycles. The monoisotopic (exact) mass is 349 g/mol. The number of hydrogen-bond acceptors (Lipinski definition) is 4. The number of pyridine rings is 1. The van der Waals surface area contributed by atoms with Crippen LogP contribution in [0, 0.1) is 0 Å². The van der Waals surface area contributed by atoms with Crippen molar-refractivity contribution >= 4 is 17.2 Å². The van der Waals surface area contributed by atoms with E-state index in [2.05, 4.69) is 22.1 Å². The number of aromatic nitrogens is 2. The summed E-state index contributed by atoms with van der Waals surface area (Å²) >= 11 is 1.56. The molecule has 3 aromatic rings. The zero-order valence-electron chi connectivity index (χ0n) is 13.8. The molecule has 1 atom stereocenters. The van der Waals surface area contributed by atoms with Gasteiger partial charge in [0.2, 0.25) is 5.91 Å². The average molecular weight is 349 g/mol. The number of rotatable bonds is 4. The fraction of sp³-hybridized carbons (Fsp3) is 0.250. The molecule has 0 N–H and O–H groups in total. The molecule has 1 aromatic carbocycles. The third-order valence-electron chi connectivity index (χ3n) is 4.55. The molecule has 1 fully saturated rings. The van der Waals surface area contributed by atoms with E-state index in [-0.39, 0.29) is 11.9 Å². The quantitative estimate of drug-likeness (QED) is 0.712. The lowest BCUT2D eigenvalue weighted by molar-refractivity contribution is -0.131. The molecule has 1 amide bonds. The van der Waals surface area contributed by atoms with Gasteiger partial charge in [-0.1, -0.05) is 30.3 Å². The van der Waals surface area contributed by atoms with Crippen LogP contribution in [0.15, 0.2) is 60.2 Å². The molecule has 0 spiro atoms. The largest absolute Gasteiger partial charge is 0.335 e. The van der Waals surface area contributed by atoms with Crippen molar-refractivity contribution in [2.45, 2.75) is 25.3 Å². The molecule has 25 heavy (non-hydrogen) atoms. The lowest BCUT2D eigenvalue weighted by atomic mass is 10.0. The Balaban J connectivity index is 1.48. The molecule has 1 saturated heterocycles. The van der Waals surface area contributed by atoms with Gasteiger partial charge in [0, 0.05) is 29.9 Å². The number of thiazole rings is 1. The number of carbonyl (C=O) groups excluding carboxylic acids is 1. The Kier molecular flexibility index (Phi) is 4.57. The number of likely N-dealkylation sites (tertiary alicyclic amines) is 1. The fourth-order valence-electron chi connectivity index (χ4n) is 3.35. The molecule has 126 valence electrons. The Morgan fingerprint density at radius 1 is 1.20 bits per heavy atom. The normalized spacial score (nSPS) is 17.0. The summed E-state index contributed by atoms with van der Waals surface area (Å²) in [5.41, 5.74) is 3.06. The van der Waals surface area contributed by atoms with Gasteiger partial charge in [0.15, 0.2) is 0 Å². The minimum atomic E-state index is 0.161. The van der Waals surface area contributed by atoms with Crippen LogP contribution in [-0.2, 0) is 11.2 Å². The van der Waals surface area contributed by atoms with E-state index >= 15 is 0 Å². The second-order valence-corrected chi connectivity index (χ2v) is 7.08. The highest BCUT2D eigenvalue weighted by molar-refractivity contribution is 7.13. The first-order valence-electron chi connectivity index (χ1n) is 8.50. The van der Waals surface area contributed by atoms with Crippen LogP contribution in [0.4, 0.5) is 0 Å². The van der Waals surface area contributed by atoms with Crippen LogP contribution >= 0.6 is 11.3 Å². The molecule has 4 nitrogen and oxygen atoms in total. The van der Waals surface area contributed by atoms with E-state index in [4.69, 9.17) is 0 Å². The van der Waals surface area contributed by atoms with E-state index in [1.807, 2.05) is 40.6 Å². The maximum absolute atomic E-state index is 12.8. The van der Waals surface area contributed by atoms with E-state index in [0.29, 0.717) is 6.42 Å². The van der Waals surface area contributed by atoms with Crippen LogP contribution in [0.3, 0.4) is 0 Å². The van der Waals surface area contributed by atoms with Crippen molar-refractivity contribution in [3.63, 3.8) is 0 Å². The van der Waals surface area contributed by atoms with Crippen LogP contribution < -0.4 is 0 Å². The second-order valence-electron chi connectivity index (χ2n) is 6.22. The van der Waals surface area contributed by atoms with E-state index in [1.165, 1.54) is 5.56 Å². The Bertz CT molecular complexity index is 848. The zero-order chi connectivity index (χ0) is 17.1. The molecule has 2 aromatic heterocycles. The molecular weight excluding hydrogens is 330 g/mol. The molecular formula is C20H19N3OS. The van der Waals surface area contributed by atoms with Crippen LogP contribution in [-0.4, -0.2) is 27.3 Å². The van der Waals surface area contributed by atoms with Gasteiger partial charge < -0.3 is 4.90 Å². The molecule has 1 aliphatic heterocycles. The highest BCUT2D eigenvalue weighted by Gasteiger charge is 2.30. The van der Waals surface area contributed by atoms with Crippen LogP contribution in [0.2, 0.25) is 0 Å². The number of nitrogens with zero attached hydrogens (tertiary/aromatic N) is 3. The maximum atomic E-state index is 12.8. The third kappa shape index (κ3) is 3.46. The maximum Gasteiger partial charge on any atom is 0.229 e. The van der Waals surface area contributed by atoms with Gasteiger partial charge >= 0.3 is 0 Å². The average Bonchev–Trinajstić information content (AvgIpc) is 3.33. The first-order valence-corrected chi connectivity index (χ1v) is 9.38. The lowest BCUT2D eigenvalue weighted by Crippen LogP contribution is -2.31. The molecule has 1 unspecified atom stereocenters. The summed E-state index contributed by atoms with van der Waals surface area (Å²) in [4.78, 5) is 23.6. The zero-order valence-corrected chi connectivity index (χ0v) is 14.7. The van der Waals surface area contributed by atoms with Gasteiger partial charge in [-0.2, -0.15) is 0 Å². The topological polar surface area (TPSA) is 46.1 Å². The Labute approximate surface area is 151 Å². The molecule has 0 aliphatic carbocycles. The summed E-state index contributed by atoms with van der Waals surface area (Å²) in [6.45, 7) is 0.831. The van der Waals surface area contributed by atoms with Crippen molar-refractivity contribution in [2.75, 3.05) is 6.54 Å². The summed E-state index contributed by atoms with van der Waals surface area (Å²) in [5, 5.41) is 2.89. The smallest absolute Gasteiger partial charge is 0.229 e. The number of benzene rings is 1. The van der Waals surface area contributed by atoms with Gasteiger partial charge in [0.1, 0.15) is 5.01 Å². The van der Waals surface area contributed by atoms with Crippen LogP contribution in [0.25, 0.3) is 10.6 Å². The SMILES string of the molecule is O=C(Cc1csc(-c2cccnc2)n1)N1CCCC1c1ccccc1. The summed E-state index contributed by atoms with van der Waals surface area (Å²) in [5.74, 6) is 0.161. The highest BCUT2D eigenvalue weighted by Crippen LogP contribution is 2.32. The van der Waals surface area contributed by atoms with Gasteiger partial charge in [-0.3, -0.25) is 9.78 Å². The third-order valence-corrected chi connectivity index (χ3v) is 5.49. The molecule has 3 heterocycles. The van der Waals surface area contributed by atoms with E-state index in [0.717, 1.165) is 35.7 Å². The standard InChI is InChI=1S/C20H19N3OS/c24-19(23-11-5-9-18(23)15-6-2-1-3-7-15)12-17-14-25-20(22-17)16-8-4-10-21-13-16/h1-4,6-8,10,13-14,18H,5,9,11-12H2. The predicted molar refractivity (Wildman–Crippen MR) is 99.2 cm³/mol.